The Kier molecular flexibility index (Phi) is 4.57. The highest BCUT2D eigenvalue weighted by atomic mass is 79.9. The van der Waals surface area contributed by atoms with Crippen LogP contribution >= 0.6 is 15.9 Å². The summed E-state index contributed by atoms with van der Waals surface area (Å²) in [6.07, 6.45) is 2.10. The summed E-state index contributed by atoms with van der Waals surface area (Å²) >= 11 is 3.21. The Morgan fingerprint density at radius 3 is 2.89 bits per heavy atom. The second-order valence-corrected chi connectivity index (χ2v) is 7.27. The third-order valence-corrected chi connectivity index (χ3v) is 5.04. The van der Waals surface area contributed by atoms with Crippen LogP contribution in [-0.2, 0) is 14.8 Å². The first kappa shape index (κ1) is 14.9. The average molecular weight is 351 g/mol. The molecule has 0 saturated carbocycles. The van der Waals surface area contributed by atoms with Gasteiger partial charge in [-0.05, 0) is 28.9 Å². The summed E-state index contributed by atoms with van der Waals surface area (Å²) < 4.78 is 32.3. The smallest absolute Gasteiger partial charge is 0.244 e. The lowest BCUT2D eigenvalue weighted by Crippen LogP contribution is -2.50. The Morgan fingerprint density at radius 1 is 1.53 bits per heavy atom. The fourth-order valence-corrected chi connectivity index (χ4v) is 4.04. The van der Waals surface area contributed by atoms with E-state index in [1.54, 1.807) is 6.92 Å². The maximum absolute atomic E-state index is 12.5. The number of pyridine rings is 1. The van der Waals surface area contributed by atoms with E-state index in [0.29, 0.717) is 4.47 Å². The highest BCUT2D eigenvalue weighted by Gasteiger charge is 2.33. The number of hydrogen-bond acceptors (Lipinski definition) is 5. The SMILES string of the molecule is CC1CN(S(=O)(=O)c2cncc(Br)c2)CC(CO)O1. The molecule has 0 aliphatic carbocycles. The van der Waals surface area contributed by atoms with Crippen molar-refractivity contribution in [3.8, 4) is 0 Å². The second-order valence-electron chi connectivity index (χ2n) is 4.41. The van der Waals surface area contributed by atoms with E-state index in [-0.39, 0.29) is 30.7 Å². The van der Waals surface area contributed by atoms with Gasteiger partial charge in [0.1, 0.15) is 4.90 Å². The molecule has 2 atom stereocenters. The number of nitrogens with zero attached hydrogens (tertiary/aromatic N) is 2. The number of morpholine rings is 1. The van der Waals surface area contributed by atoms with Crippen LogP contribution in [0.1, 0.15) is 6.92 Å². The molecule has 0 amide bonds. The zero-order valence-electron chi connectivity index (χ0n) is 10.4. The van der Waals surface area contributed by atoms with E-state index in [0.717, 1.165) is 0 Å². The Hall–Kier alpha value is -0.540. The van der Waals surface area contributed by atoms with Crippen molar-refractivity contribution in [2.24, 2.45) is 0 Å². The summed E-state index contributed by atoms with van der Waals surface area (Å²) in [6, 6.07) is 1.51. The molecule has 6 nitrogen and oxygen atoms in total. The summed E-state index contributed by atoms with van der Waals surface area (Å²) in [6.45, 7) is 2.00. The molecule has 2 unspecified atom stereocenters. The molecule has 0 bridgehead atoms. The zero-order valence-corrected chi connectivity index (χ0v) is 12.8. The molecule has 2 heterocycles. The van der Waals surface area contributed by atoms with Gasteiger partial charge in [0.05, 0.1) is 18.8 Å². The van der Waals surface area contributed by atoms with Crippen molar-refractivity contribution in [1.82, 2.24) is 9.29 Å². The average Bonchev–Trinajstić information content (AvgIpc) is 2.38. The molecular weight excluding hydrogens is 336 g/mol. The first-order chi connectivity index (χ1) is 8.93. The lowest BCUT2D eigenvalue weighted by Gasteiger charge is -2.35. The van der Waals surface area contributed by atoms with Crippen molar-refractivity contribution < 1.29 is 18.3 Å². The van der Waals surface area contributed by atoms with Crippen LogP contribution in [0.25, 0.3) is 0 Å². The van der Waals surface area contributed by atoms with Crippen LogP contribution in [-0.4, -0.2) is 54.7 Å². The number of sulfonamides is 1. The Labute approximate surface area is 120 Å². The van der Waals surface area contributed by atoms with E-state index in [9.17, 15) is 8.42 Å². The van der Waals surface area contributed by atoms with Crippen molar-refractivity contribution >= 4 is 26.0 Å². The van der Waals surface area contributed by atoms with Crippen LogP contribution in [0.5, 0.6) is 0 Å². The summed E-state index contributed by atoms with van der Waals surface area (Å²) in [5, 5.41) is 9.14. The third kappa shape index (κ3) is 3.32. The van der Waals surface area contributed by atoms with Gasteiger partial charge in [-0.2, -0.15) is 4.31 Å². The van der Waals surface area contributed by atoms with Gasteiger partial charge in [-0.15, -0.1) is 0 Å². The standard InChI is InChI=1S/C11H15BrN2O4S/c1-8-5-14(6-10(7-15)18-8)19(16,17)11-2-9(12)3-13-4-11/h2-4,8,10,15H,5-7H2,1H3. The number of halogens is 1. The molecule has 0 radical (unpaired) electrons. The highest BCUT2D eigenvalue weighted by Crippen LogP contribution is 2.22. The van der Waals surface area contributed by atoms with Crippen LogP contribution in [0.3, 0.4) is 0 Å². The summed E-state index contributed by atoms with van der Waals surface area (Å²) in [5.41, 5.74) is 0. The molecule has 1 aliphatic heterocycles. The van der Waals surface area contributed by atoms with Crippen molar-refractivity contribution in [1.29, 1.82) is 0 Å². The van der Waals surface area contributed by atoms with E-state index >= 15 is 0 Å². The molecule has 19 heavy (non-hydrogen) atoms. The molecule has 1 aromatic heterocycles. The second kappa shape index (κ2) is 5.84. The van der Waals surface area contributed by atoms with Gasteiger partial charge in [0.2, 0.25) is 10.0 Å². The number of ether oxygens (including phenoxy) is 1. The molecule has 1 aliphatic rings. The topological polar surface area (TPSA) is 79.7 Å². The number of hydrogen-bond donors (Lipinski definition) is 1. The van der Waals surface area contributed by atoms with Gasteiger partial charge in [0.15, 0.2) is 0 Å². The van der Waals surface area contributed by atoms with Gasteiger partial charge in [-0.25, -0.2) is 8.42 Å². The minimum atomic E-state index is -3.61. The van der Waals surface area contributed by atoms with Crippen molar-refractivity contribution in [3.63, 3.8) is 0 Å². The lowest BCUT2D eigenvalue weighted by atomic mass is 10.2. The minimum absolute atomic E-state index is 0.132. The van der Waals surface area contributed by atoms with E-state index < -0.39 is 16.1 Å². The fraction of sp³-hybridized carbons (Fsp3) is 0.545. The van der Waals surface area contributed by atoms with Crippen LogP contribution < -0.4 is 0 Å². The zero-order chi connectivity index (χ0) is 14.0. The molecule has 1 saturated heterocycles. The third-order valence-electron chi connectivity index (χ3n) is 2.81. The predicted octanol–water partition coefficient (Wildman–Crippen LogP) is 0.614. The molecule has 2 rings (SSSR count). The van der Waals surface area contributed by atoms with Crippen molar-refractivity contribution in [3.05, 3.63) is 22.9 Å². The van der Waals surface area contributed by atoms with Crippen molar-refractivity contribution in [2.75, 3.05) is 19.7 Å². The van der Waals surface area contributed by atoms with E-state index in [4.69, 9.17) is 9.84 Å². The molecule has 1 N–H and O–H groups in total. The van der Waals surface area contributed by atoms with E-state index in [2.05, 4.69) is 20.9 Å². The van der Waals surface area contributed by atoms with Gasteiger partial charge in [-0.1, -0.05) is 0 Å². The maximum atomic E-state index is 12.5. The normalized spacial score (nSPS) is 25.4. The highest BCUT2D eigenvalue weighted by molar-refractivity contribution is 9.10. The van der Waals surface area contributed by atoms with E-state index in [1.165, 1.54) is 22.8 Å². The first-order valence-electron chi connectivity index (χ1n) is 5.80. The predicted molar refractivity (Wildman–Crippen MR) is 72.1 cm³/mol. The largest absolute Gasteiger partial charge is 0.394 e. The van der Waals surface area contributed by atoms with E-state index in [1.807, 2.05) is 0 Å². The molecule has 8 heteroatoms. The molecule has 1 aromatic rings. The maximum Gasteiger partial charge on any atom is 0.244 e. The lowest BCUT2D eigenvalue weighted by molar-refractivity contribution is -0.0750. The van der Waals surface area contributed by atoms with Crippen LogP contribution in [0.15, 0.2) is 27.8 Å². The van der Waals surface area contributed by atoms with Crippen LogP contribution in [0, 0.1) is 0 Å². The van der Waals surface area contributed by atoms with Gasteiger partial charge >= 0.3 is 0 Å². The summed E-state index contributed by atoms with van der Waals surface area (Å²) in [7, 11) is -3.61. The Morgan fingerprint density at radius 2 is 2.26 bits per heavy atom. The fourth-order valence-electron chi connectivity index (χ4n) is 1.98. The number of aromatic nitrogens is 1. The molecule has 0 aromatic carbocycles. The molecule has 106 valence electrons. The van der Waals surface area contributed by atoms with Crippen molar-refractivity contribution in [2.45, 2.75) is 24.0 Å². The number of rotatable bonds is 3. The van der Waals surface area contributed by atoms with Gasteiger partial charge in [0.25, 0.3) is 0 Å². The Balaban J connectivity index is 2.29. The monoisotopic (exact) mass is 350 g/mol. The Bertz CT molecular complexity index is 551. The minimum Gasteiger partial charge on any atom is -0.394 e. The number of aliphatic hydroxyl groups excluding tert-OH is 1. The quantitative estimate of drug-likeness (QED) is 0.864. The summed E-state index contributed by atoms with van der Waals surface area (Å²) in [4.78, 5) is 4.00. The van der Waals surface area contributed by atoms with Gasteiger partial charge in [0, 0.05) is 30.0 Å². The number of aliphatic hydroxyl groups is 1. The van der Waals surface area contributed by atoms with Gasteiger partial charge < -0.3 is 9.84 Å². The molecular formula is C11H15BrN2O4S. The van der Waals surface area contributed by atoms with Gasteiger partial charge in [-0.3, -0.25) is 4.98 Å². The van der Waals surface area contributed by atoms with Crippen LogP contribution in [0.4, 0.5) is 0 Å². The van der Waals surface area contributed by atoms with Crippen LogP contribution in [0.2, 0.25) is 0 Å². The molecule has 0 spiro atoms. The molecule has 1 fully saturated rings. The summed E-state index contributed by atoms with van der Waals surface area (Å²) in [5.74, 6) is 0. The first-order valence-corrected chi connectivity index (χ1v) is 8.04.